The number of carbonyl (C=O) groups excluding carboxylic acids is 1. The Morgan fingerprint density at radius 2 is 2.08 bits per heavy atom. The van der Waals surface area contributed by atoms with Crippen molar-refractivity contribution < 1.29 is 4.79 Å². The van der Waals surface area contributed by atoms with Crippen LogP contribution in [0.3, 0.4) is 0 Å². The third-order valence-corrected chi connectivity index (χ3v) is 4.38. The first-order chi connectivity index (χ1) is 11.7. The molecule has 0 unspecified atom stereocenters. The molecule has 2 heterocycles. The quantitative estimate of drug-likeness (QED) is 0.741. The number of hydrogen-bond donors (Lipinski definition) is 0. The van der Waals surface area contributed by atoms with Crippen LogP contribution in [-0.2, 0) is 4.79 Å². The molecule has 6 heteroatoms. The van der Waals surface area contributed by atoms with Crippen molar-refractivity contribution in [3.8, 4) is 11.3 Å². The normalized spacial score (nSPS) is 14.1. The fourth-order valence-corrected chi connectivity index (χ4v) is 2.90. The van der Waals surface area contributed by atoms with Crippen molar-refractivity contribution in [3.05, 3.63) is 42.2 Å². The molecular formula is C18H19N5O. The van der Waals surface area contributed by atoms with E-state index in [1.165, 1.54) is 0 Å². The van der Waals surface area contributed by atoms with Crippen molar-refractivity contribution >= 4 is 17.2 Å². The first-order valence-electron chi connectivity index (χ1n) is 8.28. The van der Waals surface area contributed by atoms with Gasteiger partial charge in [0.2, 0.25) is 5.91 Å². The molecule has 4 rings (SSSR count). The Hall–Kier alpha value is -2.76. The monoisotopic (exact) mass is 321 g/mol. The van der Waals surface area contributed by atoms with E-state index in [1.807, 2.05) is 55.1 Å². The zero-order valence-electron chi connectivity index (χ0n) is 13.8. The Morgan fingerprint density at radius 1 is 1.25 bits per heavy atom. The van der Waals surface area contributed by atoms with E-state index in [4.69, 9.17) is 0 Å². The maximum absolute atomic E-state index is 12.5. The summed E-state index contributed by atoms with van der Waals surface area (Å²) in [6.07, 6.45) is 2.03. The number of anilines is 1. The Balaban J connectivity index is 1.72. The summed E-state index contributed by atoms with van der Waals surface area (Å²) in [7, 11) is 0. The fraction of sp³-hybridized carbons (Fsp3) is 0.333. The van der Waals surface area contributed by atoms with Crippen LogP contribution in [0.15, 0.2) is 36.4 Å². The van der Waals surface area contributed by atoms with Gasteiger partial charge in [-0.3, -0.25) is 4.79 Å². The number of nitrogens with zero attached hydrogens (tertiary/aromatic N) is 5. The van der Waals surface area contributed by atoms with Gasteiger partial charge in [-0.2, -0.15) is 9.61 Å². The van der Waals surface area contributed by atoms with Crippen LogP contribution in [0, 0.1) is 12.8 Å². The molecule has 24 heavy (non-hydrogen) atoms. The predicted molar refractivity (Wildman–Crippen MR) is 91.7 cm³/mol. The number of carbonyl (C=O) groups is 1. The summed E-state index contributed by atoms with van der Waals surface area (Å²) in [4.78, 5) is 14.3. The van der Waals surface area contributed by atoms with Crippen molar-refractivity contribution in [2.24, 2.45) is 5.92 Å². The van der Waals surface area contributed by atoms with E-state index in [0.717, 1.165) is 41.3 Å². The SMILES string of the molecule is CCN(C(=O)C1CC1)c1cccc(-c2ccc3nnc(C)n3n2)c1. The predicted octanol–water partition coefficient (Wildman–Crippen LogP) is 2.86. The highest BCUT2D eigenvalue weighted by Crippen LogP contribution is 2.33. The molecule has 0 bridgehead atoms. The van der Waals surface area contributed by atoms with Crippen molar-refractivity contribution in [1.82, 2.24) is 19.8 Å². The van der Waals surface area contributed by atoms with Gasteiger partial charge in [0.25, 0.3) is 0 Å². The summed E-state index contributed by atoms with van der Waals surface area (Å²) < 4.78 is 1.73. The third kappa shape index (κ3) is 2.54. The maximum Gasteiger partial charge on any atom is 0.230 e. The van der Waals surface area contributed by atoms with Crippen molar-refractivity contribution in [1.29, 1.82) is 0 Å². The topological polar surface area (TPSA) is 63.4 Å². The zero-order chi connectivity index (χ0) is 16.7. The fourth-order valence-electron chi connectivity index (χ4n) is 2.90. The minimum Gasteiger partial charge on any atom is -0.312 e. The summed E-state index contributed by atoms with van der Waals surface area (Å²) in [5.41, 5.74) is 3.47. The number of amides is 1. The van der Waals surface area contributed by atoms with Gasteiger partial charge in [0.05, 0.1) is 5.69 Å². The number of aryl methyl sites for hydroxylation is 1. The lowest BCUT2D eigenvalue weighted by Crippen LogP contribution is -2.31. The van der Waals surface area contributed by atoms with Crippen molar-refractivity contribution in [2.45, 2.75) is 26.7 Å². The van der Waals surface area contributed by atoms with Crippen LogP contribution < -0.4 is 4.90 Å². The molecule has 1 aliphatic carbocycles. The molecule has 1 saturated carbocycles. The minimum absolute atomic E-state index is 0.211. The van der Waals surface area contributed by atoms with Gasteiger partial charge >= 0.3 is 0 Å². The summed E-state index contributed by atoms with van der Waals surface area (Å²) in [6.45, 7) is 4.56. The number of fused-ring (bicyclic) bond motifs is 1. The Morgan fingerprint density at radius 3 is 2.83 bits per heavy atom. The lowest BCUT2D eigenvalue weighted by Gasteiger charge is -2.21. The highest BCUT2D eigenvalue weighted by Gasteiger charge is 2.33. The molecule has 0 N–H and O–H groups in total. The zero-order valence-corrected chi connectivity index (χ0v) is 13.8. The van der Waals surface area contributed by atoms with E-state index >= 15 is 0 Å². The number of benzene rings is 1. The highest BCUT2D eigenvalue weighted by atomic mass is 16.2. The van der Waals surface area contributed by atoms with E-state index in [-0.39, 0.29) is 11.8 Å². The molecule has 0 spiro atoms. The van der Waals surface area contributed by atoms with E-state index in [1.54, 1.807) is 4.52 Å². The molecule has 122 valence electrons. The number of rotatable bonds is 4. The molecule has 1 aliphatic rings. The Kier molecular flexibility index (Phi) is 3.52. The molecule has 1 amide bonds. The second-order valence-electron chi connectivity index (χ2n) is 6.14. The van der Waals surface area contributed by atoms with Crippen LogP contribution in [0.4, 0.5) is 5.69 Å². The standard InChI is InChI=1S/C18H19N5O/c1-3-22(18(24)13-7-8-13)15-6-4-5-14(11-15)16-9-10-17-20-19-12(2)23(17)21-16/h4-6,9-11,13H,3,7-8H2,1-2H3. The summed E-state index contributed by atoms with van der Waals surface area (Å²) in [5, 5.41) is 12.7. The smallest absolute Gasteiger partial charge is 0.230 e. The first kappa shape index (κ1) is 14.8. The van der Waals surface area contributed by atoms with E-state index in [0.29, 0.717) is 6.54 Å². The van der Waals surface area contributed by atoms with Crippen molar-refractivity contribution in [2.75, 3.05) is 11.4 Å². The van der Waals surface area contributed by atoms with Crippen LogP contribution in [0.1, 0.15) is 25.6 Å². The van der Waals surface area contributed by atoms with Crippen LogP contribution in [0.25, 0.3) is 16.9 Å². The number of hydrogen-bond acceptors (Lipinski definition) is 4. The van der Waals surface area contributed by atoms with Gasteiger partial charge in [0.1, 0.15) is 0 Å². The summed E-state index contributed by atoms with van der Waals surface area (Å²) in [5.74, 6) is 1.19. The van der Waals surface area contributed by atoms with Gasteiger partial charge in [0.15, 0.2) is 11.5 Å². The second-order valence-corrected chi connectivity index (χ2v) is 6.14. The molecule has 6 nitrogen and oxygen atoms in total. The molecule has 2 aromatic heterocycles. The molecule has 1 fully saturated rings. The van der Waals surface area contributed by atoms with Crippen molar-refractivity contribution in [3.63, 3.8) is 0 Å². The molecule has 0 atom stereocenters. The van der Waals surface area contributed by atoms with Gasteiger partial charge in [-0.15, -0.1) is 10.2 Å². The first-order valence-corrected chi connectivity index (χ1v) is 8.28. The lowest BCUT2D eigenvalue weighted by atomic mass is 10.1. The number of aromatic nitrogens is 4. The molecule has 3 aromatic rings. The van der Waals surface area contributed by atoms with Gasteiger partial charge in [-0.05, 0) is 51.0 Å². The van der Waals surface area contributed by atoms with Gasteiger partial charge < -0.3 is 4.90 Å². The molecular weight excluding hydrogens is 302 g/mol. The van der Waals surface area contributed by atoms with E-state index in [9.17, 15) is 4.79 Å². The molecule has 0 aliphatic heterocycles. The van der Waals surface area contributed by atoms with Crippen LogP contribution in [0.2, 0.25) is 0 Å². The van der Waals surface area contributed by atoms with Gasteiger partial charge in [0, 0.05) is 23.7 Å². The molecule has 0 radical (unpaired) electrons. The van der Waals surface area contributed by atoms with E-state index < -0.39 is 0 Å². The van der Waals surface area contributed by atoms with Gasteiger partial charge in [-0.1, -0.05) is 12.1 Å². The van der Waals surface area contributed by atoms with Crippen LogP contribution >= 0.6 is 0 Å². The third-order valence-electron chi connectivity index (χ3n) is 4.38. The molecule has 1 aromatic carbocycles. The van der Waals surface area contributed by atoms with Crippen LogP contribution in [-0.4, -0.2) is 32.3 Å². The van der Waals surface area contributed by atoms with Gasteiger partial charge in [-0.25, -0.2) is 0 Å². The second kappa shape index (κ2) is 5.70. The highest BCUT2D eigenvalue weighted by molar-refractivity contribution is 5.96. The average Bonchev–Trinajstić information content (AvgIpc) is 3.40. The average molecular weight is 321 g/mol. The maximum atomic E-state index is 12.5. The summed E-state index contributed by atoms with van der Waals surface area (Å²) >= 11 is 0. The lowest BCUT2D eigenvalue weighted by molar-refractivity contribution is -0.119. The summed E-state index contributed by atoms with van der Waals surface area (Å²) in [6, 6.07) is 11.8. The minimum atomic E-state index is 0.211. The molecule has 0 saturated heterocycles. The Bertz CT molecular complexity index is 913. The Labute approximate surface area is 140 Å². The largest absolute Gasteiger partial charge is 0.312 e. The van der Waals surface area contributed by atoms with E-state index in [2.05, 4.69) is 15.3 Å². The van der Waals surface area contributed by atoms with Crippen LogP contribution in [0.5, 0.6) is 0 Å².